The van der Waals surface area contributed by atoms with Crippen molar-refractivity contribution in [3.63, 3.8) is 0 Å². The lowest BCUT2D eigenvalue weighted by atomic mass is 10.0. The van der Waals surface area contributed by atoms with Crippen molar-refractivity contribution >= 4 is 22.8 Å². The molecule has 1 N–H and O–H groups in total. The summed E-state index contributed by atoms with van der Waals surface area (Å²) in [6.07, 6.45) is 6.32. The smallest absolute Gasteiger partial charge is 0.265 e. The maximum absolute atomic E-state index is 15.2. The fourth-order valence-electron chi connectivity index (χ4n) is 4.38. The van der Waals surface area contributed by atoms with E-state index in [0.29, 0.717) is 34.0 Å². The number of nitrogens with one attached hydrogen (secondary N) is 1. The van der Waals surface area contributed by atoms with Crippen LogP contribution in [0.15, 0.2) is 115 Å². The van der Waals surface area contributed by atoms with E-state index < -0.39 is 23.0 Å². The Morgan fingerprint density at radius 3 is 2.54 bits per heavy atom. The van der Waals surface area contributed by atoms with Crippen molar-refractivity contribution in [2.75, 3.05) is 5.32 Å². The molecule has 0 radical (unpaired) electrons. The van der Waals surface area contributed by atoms with Crippen LogP contribution in [0.5, 0.6) is 11.5 Å². The van der Waals surface area contributed by atoms with Gasteiger partial charge in [-0.15, -0.1) is 0 Å². The summed E-state index contributed by atoms with van der Waals surface area (Å²) in [5.41, 5.74) is 1.44. The first-order valence-corrected chi connectivity index (χ1v) is 12.6. The van der Waals surface area contributed by atoms with Gasteiger partial charge in [-0.2, -0.15) is 5.10 Å². The number of Topliss-reactive ketones (excluding diaryl/α,β-unsaturated/α-hetero) is 1. The Hall–Kier alpha value is -5.64. The van der Waals surface area contributed by atoms with Crippen LogP contribution in [0.2, 0.25) is 0 Å². The van der Waals surface area contributed by atoms with Crippen LogP contribution in [-0.2, 0) is 6.42 Å². The lowest BCUT2D eigenvalue weighted by Crippen LogP contribution is -2.25. The van der Waals surface area contributed by atoms with Crippen LogP contribution in [0.4, 0.5) is 20.3 Å². The number of anilines is 2. The zero-order valence-electron chi connectivity index (χ0n) is 21.4. The molecule has 4 aromatic heterocycles. The van der Waals surface area contributed by atoms with Gasteiger partial charge in [-0.05, 0) is 72.3 Å². The molecule has 41 heavy (non-hydrogen) atoms. The van der Waals surface area contributed by atoms with E-state index in [1.54, 1.807) is 59.5 Å². The van der Waals surface area contributed by atoms with Gasteiger partial charge >= 0.3 is 0 Å². The molecule has 0 unspecified atom stereocenters. The highest BCUT2D eigenvalue weighted by Gasteiger charge is 2.16. The van der Waals surface area contributed by atoms with Gasteiger partial charge in [0.05, 0.1) is 23.6 Å². The second-order valence-corrected chi connectivity index (χ2v) is 9.13. The van der Waals surface area contributed by atoms with Gasteiger partial charge in [0, 0.05) is 30.6 Å². The van der Waals surface area contributed by atoms with Gasteiger partial charge in [-0.25, -0.2) is 18.3 Å². The molecule has 6 rings (SSSR count). The summed E-state index contributed by atoms with van der Waals surface area (Å²) in [5, 5.41) is 7.43. The molecule has 8 nitrogen and oxygen atoms in total. The molecule has 0 aliphatic carbocycles. The molecule has 0 saturated carbocycles. The van der Waals surface area contributed by atoms with Gasteiger partial charge in [-0.3, -0.25) is 14.2 Å². The van der Waals surface area contributed by atoms with Crippen LogP contribution in [0, 0.1) is 11.6 Å². The molecule has 2 aromatic carbocycles. The zero-order chi connectivity index (χ0) is 28.3. The van der Waals surface area contributed by atoms with Crippen LogP contribution in [-0.4, -0.2) is 24.9 Å². The Morgan fingerprint density at radius 1 is 0.902 bits per heavy atom. The summed E-state index contributed by atoms with van der Waals surface area (Å²) in [5.74, 6) is -0.656. The quantitative estimate of drug-likeness (QED) is 0.230. The number of rotatable bonds is 8. The van der Waals surface area contributed by atoms with Crippen molar-refractivity contribution in [2.24, 2.45) is 0 Å². The first-order chi connectivity index (χ1) is 19.9. The molecule has 4 heterocycles. The molecule has 0 fully saturated rings. The van der Waals surface area contributed by atoms with Crippen molar-refractivity contribution in [3.8, 4) is 17.2 Å². The Bertz CT molecular complexity index is 1940. The number of fused-ring (bicyclic) bond motifs is 1. The average Bonchev–Trinajstić information content (AvgIpc) is 3.45. The van der Waals surface area contributed by atoms with Crippen molar-refractivity contribution < 1.29 is 18.3 Å². The van der Waals surface area contributed by atoms with Gasteiger partial charge in [-0.1, -0.05) is 12.1 Å². The van der Waals surface area contributed by atoms with E-state index >= 15 is 4.39 Å². The number of carbonyl (C=O) groups is 1. The fraction of sp³-hybridized carbons (Fsp3) is 0.0323. The van der Waals surface area contributed by atoms with Gasteiger partial charge in [0.25, 0.3) is 5.56 Å². The van der Waals surface area contributed by atoms with Crippen LogP contribution in [0.3, 0.4) is 0 Å². The molecule has 0 aliphatic rings. The molecule has 0 atom stereocenters. The fourth-order valence-corrected chi connectivity index (χ4v) is 4.38. The first-order valence-electron chi connectivity index (χ1n) is 12.6. The van der Waals surface area contributed by atoms with E-state index in [2.05, 4.69) is 15.4 Å². The summed E-state index contributed by atoms with van der Waals surface area (Å²) in [6.45, 7) is 0. The number of hydrogen-bond acceptors (Lipinski definition) is 6. The number of pyridine rings is 3. The number of aromatic nitrogens is 4. The molecule has 10 heteroatoms. The highest BCUT2D eigenvalue weighted by Crippen LogP contribution is 2.32. The molecule has 0 amide bonds. The Balaban J connectivity index is 1.22. The zero-order valence-corrected chi connectivity index (χ0v) is 21.4. The summed E-state index contributed by atoms with van der Waals surface area (Å²) in [6, 6.07) is 21.5. The predicted octanol–water partition coefficient (Wildman–Crippen LogP) is 6.12. The SMILES string of the molecule is O=C(Cc1ccc(Oc2cc(Nc3ccccn3)cn3nccc23)c(F)c1)c1cccn(-c2ccc(F)cc2)c1=O. The first kappa shape index (κ1) is 25.6. The molecular weight excluding hydrogens is 528 g/mol. The van der Waals surface area contributed by atoms with Crippen molar-refractivity contribution in [3.05, 3.63) is 143 Å². The molecule has 0 bridgehead atoms. The number of hydrogen-bond donors (Lipinski definition) is 1. The number of halogens is 2. The highest BCUT2D eigenvalue weighted by atomic mass is 19.1. The van der Waals surface area contributed by atoms with Gasteiger partial charge in [0.1, 0.15) is 17.2 Å². The second kappa shape index (κ2) is 10.9. The van der Waals surface area contributed by atoms with Gasteiger partial charge in [0.2, 0.25) is 0 Å². The third kappa shape index (κ3) is 5.44. The van der Waals surface area contributed by atoms with E-state index in [1.807, 2.05) is 6.07 Å². The maximum Gasteiger partial charge on any atom is 0.265 e. The number of ketones is 1. The van der Waals surface area contributed by atoms with Crippen molar-refractivity contribution in [2.45, 2.75) is 6.42 Å². The minimum absolute atomic E-state index is 0.0438. The highest BCUT2D eigenvalue weighted by molar-refractivity contribution is 5.97. The van der Waals surface area contributed by atoms with Crippen LogP contribution in [0.25, 0.3) is 11.2 Å². The summed E-state index contributed by atoms with van der Waals surface area (Å²) < 4.78 is 37.3. The minimum Gasteiger partial charge on any atom is -0.452 e. The molecule has 0 spiro atoms. The number of benzene rings is 2. The monoisotopic (exact) mass is 549 g/mol. The third-order valence-electron chi connectivity index (χ3n) is 6.34. The normalized spacial score (nSPS) is 11.0. The van der Waals surface area contributed by atoms with Crippen LogP contribution < -0.4 is 15.6 Å². The summed E-state index contributed by atoms with van der Waals surface area (Å²) in [4.78, 5) is 30.2. The van der Waals surface area contributed by atoms with Gasteiger partial charge in [0.15, 0.2) is 23.1 Å². The number of ether oxygens (including phenoxy) is 1. The van der Waals surface area contributed by atoms with E-state index in [1.165, 1.54) is 53.2 Å². The molecule has 202 valence electrons. The molecule has 0 aliphatic heterocycles. The maximum atomic E-state index is 15.2. The molecular formula is C31H21F2N5O3. The Labute approximate surface area is 232 Å². The standard InChI is InChI=1S/C31H21F2N5O3/c32-21-7-9-23(10-8-21)37-15-3-4-24(31(37)40)27(39)17-20-6-11-28(25(33)16-20)41-29-18-22(19-38-26(29)12-14-35-38)36-30-5-1-2-13-34-30/h1-16,18-19H,17H2,(H,34,36). The second-order valence-electron chi connectivity index (χ2n) is 9.13. The van der Waals surface area contributed by atoms with E-state index in [4.69, 9.17) is 4.74 Å². The molecule has 0 saturated heterocycles. The summed E-state index contributed by atoms with van der Waals surface area (Å²) in [7, 11) is 0. The lowest BCUT2D eigenvalue weighted by Gasteiger charge is -2.12. The van der Waals surface area contributed by atoms with Crippen LogP contribution >= 0.6 is 0 Å². The largest absolute Gasteiger partial charge is 0.452 e. The average molecular weight is 550 g/mol. The van der Waals surface area contributed by atoms with Crippen molar-refractivity contribution in [1.29, 1.82) is 0 Å². The topological polar surface area (TPSA) is 90.5 Å². The minimum atomic E-state index is -0.673. The lowest BCUT2D eigenvalue weighted by molar-refractivity contribution is 0.0991. The Kier molecular flexibility index (Phi) is 6.78. The Morgan fingerprint density at radius 2 is 1.76 bits per heavy atom. The van der Waals surface area contributed by atoms with Gasteiger partial charge < -0.3 is 10.1 Å². The van der Waals surface area contributed by atoms with Crippen LogP contribution in [0.1, 0.15) is 15.9 Å². The molecule has 6 aromatic rings. The van der Waals surface area contributed by atoms with Crippen molar-refractivity contribution in [1.82, 2.24) is 19.2 Å². The summed E-state index contributed by atoms with van der Waals surface area (Å²) >= 11 is 0. The van der Waals surface area contributed by atoms with E-state index in [0.717, 1.165) is 0 Å². The van der Waals surface area contributed by atoms with E-state index in [-0.39, 0.29) is 17.7 Å². The number of carbonyl (C=O) groups excluding carboxylic acids is 1. The predicted molar refractivity (Wildman–Crippen MR) is 149 cm³/mol. The van der Waals surface area contributed by atoms with E-state index in [9.17, 15) is 14.0 Å². The third-order valence-corrected chi connectivity index (χ3v) is 6.34. The number of nitrogens with zero attached hydrogens (tertiary/aromatic N) is 4.